The van der Waals surface area contributed by atoms with Gasteiger partial charge in [0.15, 0.2) is 0 Å². The van der Waals surface area contributed by atoms with Gasteiger partial charge >= 0.3 is 5.97 Å². The lowest BCUT2D eigenvalue weighted by atomic mass is 9.87. The third kappa shape index (κ3) is 4.75. The van der Waals surface area contributed by atoms with Gasteiger partial charge < -0.3 is 14.9 Å². The first kappa shape index (κ1) is 14.5. The Hall–Kier alpha value is -1.55. The number of hydrogen-bond donors (Lipinski definition) is 2. The zero-order valence-electron chi connectivity index (χ0n) is 11.0. The highest BCUT2D eigenvalue weighted by Gasteiger charge is 2.14. The molecule has 4 nitrogen and oxygen atoms in total. The average Bonchev–Trinajstić information content (AvgIpc) is 2.25. The summed E-state index contributed by atoms with van der Waals surface area (Å²) in [6.07, 6.45) is -1.29. The second-order valence-corrected chi connectivity index (χ2v) is 5.34. The third-order valence-electron chi connectivity index (χ3n) is 2.57. The van der Waals surface area contributed by atoms with Crippen LogP contribution in [0.1, 0.15) is 32.8 Å². The van der Waals surface area contributed by atoms with Gasteiger partial charge in [-0.2, -0.15) is 0 Å². The largest absolute Gasteiger partial charge is 0.491 e. The average molecular weight is 252 g/mol. The van der Waals surface area contributed by atoms with Crippen LogP contribution in [0.5, 0.6) is 5.75 Å². The van der Waals surface area contributed by atoms with Crippen molar-refractivity contribution < 1.29 is 19.7 Å². The number of hydrogen-bond acceptors (Lipinski definition) is 3. The van der Waals surface area contributed by atoms with Gasteiger partial charge in [0.05, 0.1) is 12.5 Å². The first-order valence-electron chi connectivity index (χ1n) is 5.92. The molecule has 0 radical (unpaired) electrons. The van der Waals surface area contributed by atoms with Gasteiger partial charge in [-0.25, -0.2) is 0 Å². The Bertz CT molecular complexity index is 389. The lowest BCUT2D eigenvalue weighted by molar-refractivity contribution is -0.139. The number of aliphatic hydroxyl groups excluding tert-OH is 1. The molecule has 0 aliphatic rings. The van der Waals surface area contributed by atoms with E-state index < -0.39 is 12.1 Å². The summed E-state index contributed by atoms with van der Waals surface area (Å²) in [5.74, 6) is -0.401. The standard InChI is InChI=1S/C14H20O4/c1-14(2,3)10-4-6-12(7-5-10)18-9-11(15)8-13(16)17/h4-7,11,15H,8-9H2,1-3H3,(H,16,17)/t11-/m1/s1. The topological polar surface area (TPSA) is 66.8 Å². The van der Waals surface area contributed by atoms with Crippen LogP contribution in [0.2, 0.25) is 0 Å². The molecule has 0 saturated heterocycles. The Labute approximate surface area is 107 Å². The number of carboxylic acid groups (broad SMARTS) is 1. The summed E-state index contributed by atoms with van der Waals surface area (Å²) in [5, 5.41) is 17.9. The van der Waals surface area contributed by atoms with E-state index in [0.717, 1.165) is 0 Å². The minimum atomic E-state index is -1.03. The normalized spacial score (nSPS) is 13.1. The van der Waals surface area contributed by atoms with E-state index in [1.54, 1.807) is 0 Å². The molecule has 2 N–H and O–H groups in total. The van der Waals surface area contributed by atoms with Crippen molar-refractivity contribution in [3.05, 3.63) is 29.8 Å². The van der Waals surface area contributed by atoms with E-state index >= 15 is 0 Å². The van der Waals surface area contributed by atoms with Crippen LogP contribution in [0.25, 0.3) is 0 Å². The number of carboxylic acids is 1. The van der Waals surface area contributed by atoms with E-state index in [-0.39, 0.29) is 18.4 Å². The summed E-state index contributed by atoms with van der Waals surface area (Å²) in [5.41, 5.74) is 1.28. The Kier molecular flexibility index (Phi) is 4.73. The van der Waals surface area contributed by atoms with Crippen molar-refractivity contribution >= 4 is 5.97 Å². The fourth-order valence-electron chi connectivity index (χ4n) is 1.50. The van der Waals surface area contributed by atoms with Crippen molar-refractivity contribution in [1.82, 2.24) is 0 Å². The molecule has 1 atom stereocenters. The quantitative estimate of drug-likeness (QED) is 0.843. The minimum absolute atomic E-state index is 0.0127. The molecule has 1 aromatic rings. The monoisotopic (exact) mass is 252 g/mol. The lowest BCUT2D eigenvalue weighted by Crippen LogP contribution is -2.21. The Morgan fingerprint density at radius 1 is 1.28 bits per heavy atom. The van der Waals surface area contributed by atoms with Gasteiger partial charge in [0.2, 0.25) is 0 Å². The van der Waals surface area contributed by atoms with Gasteiger partial charge in [-0.15, -0.1) is 0 Å². The molecular formula is C14H20O4. The summed E-state index contributed by atoms with van der Waals surface area (Å²) in [6, 6.07) is 7.60. The maximum absolute atomic E-state index is 10.4. The van der Waals surface area contributed by atoms with Crippen molar-refractivity contribution in [1.29, 1.82) is 0 Å². The summed E-state index contributed by atoms with van der Waals surface area (Å²) in [7, 11) is 0. The van der Waals surface area contributed by atoms with Crippen LogP contribution < -0.4 is 4.74 Å². The molecule has 1 rings (SSSR count). The molecule has 0 unspecified atom stereocenters. The SMILES string of the molecule is CC(C)(C)c1ccc(OC[C@H](O)CC(=O)O)cc1. The molecule has 0 spiro atoms. The number of aliphatic hydroxyl groups is 1. The summed E-state index contributed by atoms with van der Waals surface area (Å²) < 4.78 is 5.32. The van der Waals surface area contributed by atoms with Crippen LogP contribution in [0.4, 0.5) is 0 Å². The highest BCUT2D eigenvalue weighted by molar-refractivity contribution is 5.67. The molecule has 0 saturated carbocycles. The van der Waals surface area contributed by atoms with E-state index in [4.69, 9.17) is 9.84 Å². The van der Waals surface area contributed by atoms with Gasteiger partial charge in [-0.3, -0.25) is 4.79 Å². The first-order chi connectivity index (χ1) is 8.29. The van der Waals surface area contributed by atoms with Gasteiger partial charge in [0.25, 0.3) is 0 Å². The predicted octanol–water partition coefficient (Wildman–Crippen LogP) is 2.20. The van der Waals surface area contributed by atoms with E-state index in [1.165, 1.54) is 5.56 Å². The van der Waals surface area contributed by atoms with Crippen molar-refractivity contribution in [2.24, 2.45) is 0 Å². The van der Waals surface area contributed by atoms with Gasteiger partial charge in [0, 0.05) is 0 Å². The molecule has 1 aromatic carbocycles. The smallest absolute Gasteiger partial charge is 0.306 e. The molecular weight excluding hydrogens is 232 g/mol. The van der Waals surface area contributed by atoms with Gasteiger partial charge in [0.1, 0.15) is 12.4 Å². The van der Waals surface area contributed by atoms with Crippen molar-refractivity contribution in [2.75, 3.05) is 6.61 Å². The molecule has 100 valence electrons. The van der Waals surface area contributed by atoms with Gasteiger partial charge in [-0.1, -0.05) is 32.9 Å². The Balaban J connectivity index is 2.52. The highest BCUT2D eigenvalue weighted by atomic mass is 16.5. The van der Waals surface area contributed by atoms with E-state index in [9.17, 15) is 9.90 Å². The maximum Gasteiger partial charge on any atom is 0.306 e. The molecule has 0 heterocycles. The third-order valence-corrected chi connectivity index (χ3v) is 2.57. The van der Waals surface area contributed by atoms with Crippen LogP contribution in [0.15, 0.2) is 24.3 Å². The molecule has 0 fully saturated rings. The Morgan fingerprint density at radius 3 is 2.28 bits per heavy atom. The van der Waals surface area contributed by atoms with Crippen molar-refractivity contribution in [2.45, 2.75) is 38.7 Å². The minimum Gasteiger partial charge on any atom is -0.491 e. The molecule has 0 aliphatic carbocycles. The lowest BCUT2D eigenvalue weighted by Gasteiger charge is -2.19. The number of benzene rings is 1. The second-order valence-electron chi connectivity index (χ2n) is 5.34. The first-order valence-corrected chi connectivity index (χ1v) is 5.92. The molecule has 18 heavy (non-hydrogen) atoms. The number of ether oxygens (including phenoxy) is 1. The summed E-state index contributed by atoms with van der Waals surface area (Å²) in [4.78, 5) is 10.4. The van der Waals surface area contributed by atoms with Crippen molar-refractivity contribution in [3.63, 3.8) is 0 Å². The summed E-state index contributed by atoms with van der Waals surface area (Å²) in [6.45, 7) is 6.36. The molecule has 0 bridgehead atoms. The van der Waals surface area contributed by atoms with E-state index in [0.29, 0.717) is 5.75 Å². The van der Waals surface area contributed by atoms with Crippen LogP contribution in [-0.4, -0.2) is 28.9 Å². The molecule has 0 amide bonds. The molecule has 0 aliphatic heterocycles. The fourth-order valence-corrected chi connectivity index (χ4v) is 1.50. The van der Waals surface area contributed by atoms with E-state index in [1.807, 2.05) is 24.3 Å². The number of rotatable bonds is 5. The summed E-state index contributed by atoms with van der Waals surface area (Å²) >= 11 is 0. The molecule has 4 heteroatoms. The maximum atomic E-state index is 10.4. The van der Waals surface area contributed by atoms with Crippen LogP contribution in [0.3, 0.4) is 0 Å². The number of carbonyl (C=O) groups is 1. The zero-order valence-corrected chi connectivity index (χ0v) is 11.0. The van der Waals surface area contributed by atoms with Crippen LogP contribution in [-0.2, 0) is 10.2 Å². The Morgan fingerprint density at radius 2 is 1.83 bits per heavy atom. The highest BCUT2D eigenvalue weighted by Crippen LogP contribution is 2.24. The molecule has 0 aromatic heterocycles. The fraction of sp³-hybridized carbons (Fsp3) is 0.500. The zero-order chi connectivity index (χ0) is 13.8. The predicted molar refractivity (Wildman–Crippen MR) is 68.9 cm³/mol. The number of aliphatic carboxylic acids is 1. The van der Waals surface area contributed by atoms with Gasteiger partial charge in [-0.05, 0) is 23.1 Å². The second kappa shape index (κ2) is 5.87. The van der Waals surface area contributed by atoms with E-state index in [2.05, 4.69) is 20.8 Å². The van der Waals surface area contributed by atoms with Crippen LogP contribution in [0, 0.1) is 0 Å². The van der Waals surface area contributed by atoms with Crippen molar-refractivity contribution in [3.8, 4) is 5.75 Å². The van der Waals surface area contributed by atoms with Crippen LogP contribution >= 0.6 is 0 Å².